The maximum atomic E-state index is 2.51. The molecule has 1 aliphatic heterocycles. The normalized spacial score (nSPS) is 12.4. The Morgan fingerprint density at radius 1 is 0.267 bits per heavy atom. The summed E-state index contributed by atoms with van der Waals surface area (Å²) in [5.41, 5.74) is 23.2. The Balaban J connectivity index is 0.881. The largest absolute Gasteiger partial charge is 0.345 e. The number of aromatic nitrogens is 4. The molecular weight excluding hydrogens is 1040 g/mol. The topological polar surface area (TPSA) is 26.2 Å². The van der Waals surface area contributed by atoms with Crippen LogP contribution in [0.5, 0.6) is 0 Å². The lowest BCUT2D eigenvalue weighted by Gasteiger charge is -2.39. The minimum absolute atomic E-state index is 0.135. The van der Waals surface area contributed by atoms with E-state index >= 15 is 0 Å². The molecule has 402 valence electrons. The van der Waals surface area contributed by atoms with Crippen LogP contribution in [0.2, 0.25) is 0 Å². The van der Waals surface area contributed by atoms with Gasteiger partial charge in [-0.3, -0.25) is 0 Å². The van der Waals surface area contributed by atoms with E-state index < -0.39 is 0 Å². The Morgan fingerprint density at radius 2 is 0.640 bits per heavy atom. The van der Waals surface area contributed by atoms with Gasteiger partial charge in [0.1, 0.15) is 0 Å². The van der Waals surface area contributed by atoms with Crippen LogP contribution in [0.1, 0.15) is 0 Å². The molecule has 6 nitrogen and oxygen atoms in total. The summed E-state index contributed by atoms with van der Waals surface area (Å²) in [5.74, 6) is 0. The first kappa shape index (κ1) is 48.3. The third-order valence-electron chi connectivity index (χ3n) is 18.4. The van der Waals surface area contributed by atoms with E-state index in [0.717, 1.165) is 62.2 Å². The van der Waals surface area contributed by atoms with E-state index in [4.69, 9.17) is 0 Å². The second kappa shape index (κ2) is 18.9. The first-order valence-corrected chi connectivity index (χ1v) is 29.7. The van der Waals surface area contributed by atoms with Crippen molar-refractivity contribution in [3.8, 4) is 22.7 Å². The molecule has 1 aliphatic rings. The van der Waals surface area contributed by atoms with Crippen molar-refractivity contribution in [2.45, 2.75) is 0 Å². The molecular formula is C79H53BN6. The highest BCUT2D eigenvalue weighted by Gasteiger charge is 2.38. The number of hydrogen-bond acceptors (Lipinski definition) is 2. The van der Waals surface area contributed by atoms with Gasteiger partial charge in [0.15, 0.2) is 0 Å². The monoisotopic (exact) mass is 1100 g/mol. The van der Waals surface area contributed by atoms with Crippen molar-refractivity contribution in [1.82, 2.24) is 18.3 Å². The first-order chi connectivity index (χ1) is 42.6. The van der Waals surface area contributed by atoms with Gasteiger partial charge in [0.2, 0.25) is 6.71 Å². The van der Waals surface area contributed by atoms with Crippen molar-refractivity contribution in [3.63, 3.8) is 0 Å². The number of hydrogen-bond donors (Lipinski definition) is 0. The summed E-state index contributed by atoms with van der Waals surface area (Å²) in [5, 5.41) is 9.84. The second-order valence-electron chi connectivity index (χ2n) is 22.9. The summed E-state index contributed by atoms with van der Waals surface area (Å²) in [6, 6.07) is 112. The smallest absolute Gasteiger partial charge is 0.249 e. The van der Waals surface area contributed by atoms with E-state index in [1.54, 1.807) is 0 Å². The van der Waals surface area contributed by atoms with E-state index in [-0.39, 0.29) is 6.71 Å². The quantitative estimate of drug-likeness (QED) is 0.142. The zero-order valence-corrected chi connectivity index (χ0v) is 47.1. The molecule has 13 aromatic carbocycles. The van der Waals surface area contributed by atoms with Crippen LogP contribution in [0.25, 0.3) is 110 Å². The van der Waals surface area contributed by atoms with Gasteiger partial charge >= 0.3 is 0 Å². The van der Waals surface area contributed by atoms with Crippen LogP contribution in [-0.4, -0.2) is 32.0 Å². The number of benzene rings is 13. The minimum Gasteiger partial charge on any atom is -0.345 e. The molecule has 5 heterocycles. The molecule has 7 heteroatoms. The van der Waals surface area contributed by atoms with Crippen molar-refractivity contribution in [2.75, 3.05) is 16.8 Å². The molecule has 0 amide bonds. The van der Waals surface area contributed by atoms with E-state index in [0.29, 0.717) is 0 Å². The summed E-state index contributed by atoms with van der Waals surface area (Å²) >= 11 is 0. The Bertz CT molecular complexity index is 5240. The number of nitrogens with zero attached hydrogens (tertiary/aromatic N) is 6. The zero-order chi connectivity index (χ0) is 56.6. The molecule has 0 saturated heterocycles. The van der Waals surface area contributed by atoms with Crippen molar-refractivity contribution in [1.29, 1.82) is 0 Å². The Labute approximate surface area is 497 Å². The molecule has 0 aliphatic carbocycles. The Kier molecular flexibility index (Phi) is 10.6. The Hall–Kier alpha value is -11.3. The number of fused-ring (bicyclic) bond motifs is 14. The predicted molar refractivity (Wildman–Crippen MR) is 364 cm³/mol. The number of para-hydroxylation sites is 8. The fraction of sp³-hybridized carbons (Fsp3) is 0.0127. The van der Waals surface area contributed by atoms with Crippen LogP contribution in [0.15, 0.2) is 303 Å². The summed E-state index contributed by atoms with van der Waals surface area (Å²) in [6.07, 6.45) is 0. The van der Waals surface area contributed by atoms with Gasteiger partial charge in [-0.2, -0.15) is 0 Å². The van der Waals surface area contributed by atoms with E-state index in [2.05, 4.69) is 338 Å². The van der Waals surface area contributed by atoms with Gasteiger partial charge in [-0.05, 0) is 144 Å². The van der Waals surface area contributed by atoms with E-state index in [1.165, 1.54) is 92.6 Å². The van der Waals surface area contributed by atoms with Crippen molar-refractivity contribution in [2.24, 2.45) is 0 Å². The van der Waals surface area contributed by atoms with E-state index in [1.807, 2.05) is 0 Å². The third-order valence-corrected chi connectivity index (χ3v) is 18.4. The van der Waals surface area contributed by atoms with Gasteiger partial charge in [0, 0.05) is 101 Å². The van der Waals surface area contributed by atoms with Crippen molar-refractivity contribution < 1.29 is 0 Å². The molecule has 17 aromatic rings. The first-order valence-electron chi connectivity index (χ1n) is 29.7. The molecule has 0 saturated carbocycles. The van der Waals surface area contributed by atoms with Crippen molar-refractivity contribution >= 4 is 139 Å². The molecule has 0 N–H and O–H groups in total. The van der Waals surface area contributed by atoms with Gasteiger partial charge in [0.25, 0.3) is 0 Å². The summed E-state index contributed by atoms with van der Waals surface area (Å²) in [6.45, 7) is -0.135. The van der Waals surface area contributed by atoms with E-state index in [9.17, 15) is 0 Å². The molecule has 0 bridgehead atoms. The van der Waals surface area contributed by atoms with Crippen molar-refractivity contribution in [3.05, 3.63) is 303 Å². The fourth-order valence-electron chi connectivity index (χ4n) is 14.7. The third kappa shape index (κ3) is 7.09. The molecule has 0 unspecified atom stereocenters. The summed E-state index contributed by atoms with van der Waals surface area (Å²) in [4.78, 5) is 4.87. The molecule has 0 atom stereocenters. The van der Waals surface area contributed by atoms with Crippen LogP contribution in [0.4, 0.5) is 28.4 Å². The summed E-state index contributed by atoms with van der Waals surface area (Å²) in [7, 11) is 2.21. The highest BCUT2D eigenvalue weighted by Crippen LogP contribution is 2.44. The standard InChI is InChI=1S/C79H53BN6/c1-81(53-21-4-2-5-22-53)76-37-20-38-77-79(76)80(52-39-41-55(42-40-52)82-68-31-14-8-25-59(68)60-26-9-15-32-69(60)82)67-46-43-58(51-78(67)83(77)54-23-6-3-7-24-54)86-74-47-44-56(84-70-33-16-10-27-61(70)62-28-11-17-34-71(62)84)49-65(74)66-50-57(45-48-75(66)86)85-72-35-18-12-29-63(72)64-30-13-19-36-73(64)85/h2-51H,1H3. The van der Waals surface area contributed by atoms with Crippen LogP contribution in [0, 0.1) is 0 Å². The molecule has 86 heavy (non-hydrogen) atoms. The second-order valence-corrected chi connectivity index (χ2v) is 22.9. The molecule has 4 aromatic heterocycles. The lowest BCUT2D eigenvalue weighted by atomic mass is 9.34. The van der Waals surface area contributed by atoms with Gasteiger partial charge in [-0.1, -0.05) is 175 Å². The zero-order valence-electron chi connectivity index (χ0n) is 47.1. The van der Waals surface area contributed by atoms with Gasteiger partial charge < -0.3 is 28.1 Å². The lowest BCUT2D eigenvalue weighted by Crippen LogP contribution is -2.58. The Morgan fingerprint density at radius 3 is 1.10 bits per heavy atom. The molecule has 18 rings (SSSR count). The van der Waals surface area contributed by atoms with Crippen LogP contribution in [-0.2, 0) is 0 Å². The maximum absolute atomic E-state index is 2.51. The van der Waals surface area contributed by atoms with Crippen LogP contribution >= 0.6 is 0 Å². The SMILES string of the molecule is CN(c1ccccc1)c1cccc2c1B(c1ccc(-n3c4ccccc4c4ccccc43)cc1)c1ccc(-n3c4ccc(-n5c6ccccc6c6ccccc65)cc4c4cc(-n5c6ccccc6c6ccccc65)ccc43)cc1N2c1ccccc1. The molecule has 0 spiro atoms. The molecule has 0 radical (unpaired) electrons. The van der Waals surface area contributed by atoms with Gasteiger partial charge in [0.05, 0.1) is 44.1 Å². The summed E-state index contributed by atoms with van der Waals surface area (Å²) < 4.78 is 9.80. The number of anilines is 5. The maximum Gasteiger partial charge on any atom is 0.249 e. The molecule has 0 fully saturated rings. The highest BCUT2D eigenvalue weighted by molar-refractivity contribution is 6.99. The highest BCUT2D eigenvalue weighted by atomic mass is 15.2. The average Bonchev–Trinajstić information content (AvgIpc) is 1.57. The van der Waals surface area contributed by atoms with Crippen LogP contribution in [0.3, 0.4) is 0 Å². The predicted octanol–water partition coefficient (Wildman–Crippen LogP) is 18.1. The van der Waals surface area contributed by atoms with Gasteiger partial charge in [-0.15, -0.1) is 0 Å². The fourth-order valence-corrected chi connectivity index (χ4v) is 14.7. The average molecular weight is 1100 g/mol. The van der Waals surface area contributed by atoms with Gasteiger partial charge in [-0.25, -0.2) is 0 Å². The van der Waals surface area contributed by atoms with Crippen LogP contribution < -0.4 is 26.2 Å². The number of rotatable bonds is 8. The minimum atomic E-state index is -0.135. The lowest BCUT2D eigenvalue weighted by molar-refractivity contribution is 1.15.